The number of aliphatic hydroxyl groups excluding tert-OH is 2. The minimum atomic E-state index is -0.791. The number of aliphatic hydroxyl groups is 2. The molecule has 0 rings (SSSR count). The monoisotopic (exact) mass is 856 g/mol. The summed E-state index contributed by atoms with van der Waals surface area (Å²) < 4.78 is 5.93. The molecule has 0 bridgehead atoms. The topological polar surface area (TPSA) is 95.9 Å². The summed E-state index contributed by atoms with van der Waals surface area (Å²) in [4.78, 5) is 26.1. The highest BCUT2D eigenvalue weighted by Gasteiger charge is 2.24. The molecule has 356 valence electrons. The van der Waals surface area contributed by atoms with E-state index in [1.807, 2.05) is 0 Å². The molecule has 3 unspecified atom stereocenters. The first-order valence-electron chi connectivity index (χ1n) is 26.4. The number of nitrogens with one attached hydrogen (secondary N) is 1. The first-order chi connectivity index (χ1) is 30.0. The number of ether oxygens (including phenoxy) is 1. The lowest BCUT2D eigenvalue weighted by Gasteiger charge is -2.24. The number of carbonyl (C=O) groups is 2. The summed E-state index contributed by atoms with van der Waals surface area (Å²) in [7, 11) is 0. The van der Waals surface area contributed by atoms with Gasteiger partial charge in [0, 0.05) is 6.42 Å². The molecular weight excluding hydrogens is 755 g/mol. The molecule has 0 aliphatic carbocycles. The molecule has 0 aliphatic heterocycles. The summed E-state index contributed by atoms with van der Waals surface area (Å²) in [5.74, 6) is -0.502. The maximum Gasteiger partial charge on any atom is 0.306 e. The Balaban J connectivity index is 4.59. The van der Waals surface area contributed by atoms with Crippen molar-refractivity contribution >= 4 is 11.9 Å². The number of esters is 1. The van der Waals surface area contributed by atoms with E-state index < -0.39 is 18.2 Å². The first kappa shape index (κ1) is 58.8. The van der Waals surface area contributed by atoms with Crippen LogP contribution in [0.3, 0.4) is 0 Å². The Labute approximate surface area is 378 Å². The van der Waals surface area contributed by atoms with E-state index in [0.29, 0.717) is 19.3 Å². The molecular formula is C55H101NO5. The number of allylic oxidation sites excluding steroid dienone is 8. The zero-order valence-corrected chi connectivity index (χ0v) is 40.5. The van der Waals surface area contributed by atoms with E-state index in [2.05, 4.69) is 74.7 Å². The molecule has 3 atom stereocenters. The van der Waals surface area contributed by atoms with Crippen molar-refractivity contribution in [3.05, 3.63) is 48.6 Å². The molecule has 0 aromatic heterocycles. The highest BCUT2D eigenvalue weighted by molar-refractivity contribution is 5.77. The van der Waals surface area contributed by atoms with Crippen molar-refractivity contribution in [2.24, 2.45) is 0 Å². The van der Waals surface area contributed by atoms with Crippen LogP contribution in [0.4, 0.5) is 0 Å². The Kier molecular flexibility index (Phi) is 47.1. The number of hydrogen-bond donors (Lipinski definition) is 3. The van der Waals surface area contributed by atoms with Crippen LogP contribution in [-0.4, -0.2) is 46.9 Å². The second-order valence-electron chi connectivity index (χ2n) is 17.9. The summed E-state index contributed by atoms with van der Waals surface area (Å²) in [5, 5.41) is 23.7. The van der Waals surface area contributed by atoms with E-state index in [1.54, 1.807) is 0 Å². The predicted octanol–water partition coefficient (Wildman–Crippen LogP) is 15.8. The van der Waals surface area contributed by atoms with Crippen molar-refractivity contribution in [3.8, 4) is 0 Å². The summed E-state index contributed by atoms with van der Waals surface area (Å²) in [5.41, 5.74) is 0. The van der Waals surface area contributed by atoms with E-state index in [0.717, 1.165) is 77.0 Å². The summed E-state index contributed by atoms with van der Waals surface area (Å²) in [6, 6.07) is -0.705. The average molecular weight is 856 g/mol. The van der Waals surface area contributed by atoms with Crippen molar-refractivity contribution < 1.29 is 24.5 Å². The van der Waals surface area contributed by atoms with Crippen LogP contribution in [-0.2, 0) is 14.3 Å². The van der Waals surface area contributed by atoms with Crippen LogP contribution >= 0.6 is 0 Å². The Morgan fingerprint density at radius 2 is 0.836 bits per heavy atom. The van der Waals surface area contributed by atoms with Crippen molar-refractivity contribution in [2.75, 3.05) is 6.61 Å². The van der Waals surface area contributed by atoms with Gasteiger partial charge in [0.15, 0.2) is 0 Å². The Morgan fingerprint density at radius 3 is 1.28 bits per heavy atom. The van der Waals surface area contributed by atoms with Gasteiger partial charge in [-0.05, 0) is 70.6 Å². The molecule has 0 spiro atoms. The van der Waals surface area contributed by atoms with Crippen molar-refractivity contribution in [3.63, 3.8) is 0 Å². The van der Waals surface area contributed by atoms with E-state index in [4.69, 9.17) is 4.74 Å². The van der Waals surface area contributed by atoms with Gasteiger partial charge < -0.3 is 20.3 Å². The summed E-state index contributed by atoms with van der Waals surface area (Å²) in [6.07, 6.45) is 58.8. The highest BCUT2D eigenvalue weighted by Crippen LogP contribution is 2.18. The van der Waals surface area contributed by atoms with Gasteiger partial charge in [0.2, 0.25) is 5.91 Å². The van der Waals surface area contributed by atoms with E-state index in [1.165, 1.54) is 141 Å². The fourth-order valence-corrected chi connectivity index (χ4v) is 7.88. The van der Waals surface area contributed by atoms with Gasteiger partial charge in [-0.15, -0.1) is 0 Å². The lowest BCUT2D eigenvalue weighted by Crippen LogP contribution is -2.46. The van der Waals surface area contributed by atoms with Gasteiger partial charge in [-0.3, -0.25) is 9.59 Å². The fraction of sp³-hybridized carbons (Fsp3) is 0.818. The number of carbonyl (C=O) groups excluding carboxylic acids is 2. The van der Waals surface area contributed by atoms with Gasteiger partial charge in [-0.1, -0.05) is 230 Å². The number of rotatable bonds is 47. The zero-order valence-electron chi connectivity index (χ0n) is 40.5. The molecule has 3 N–H and O–H groups in total. The van der Waals surface area contributed by atoms with Gasteiger partial charge >= 0.3 is 5.97 Å². The standard InChI is InChI=1S/C55H101NO5/c1-4-7-10-13-16-19-22-24-25-26-27-28-29-31-33-36-39-42-45-48-55(60)61-51(46-43-40-37-34-32-30-23-20-17-14-11-8-5-2)49-54(59)56-52(50-57)53(58)47-44-41-38-35-21-18-15-12-9-6-3/h16,19,24-25,27-28,31,33,51-53,57-58H,4-15,17-18,20-23,26,29-30,32,34-50H2,1-3H3,(H,56,59)/b19-16-,25-24-,28-27-,33-31-. The molecule has 0 aromatic rings. The number of amides is 1. The third-order valence-electron chi connectivity index (χ3n) is 11.9. The second-order valence-corrected chi connectivity index (χ2v) is 17.9. The van der Waals surface area contributed by atoms with Crippen LogP contribution in [0.15, 0.2) is 48.6 Å². The summed E-state index contributed by atoms with van der Waals surface area (Å²) in [6.45, 7) is 6.44. The molecule has 1 amide bonds. The second kappa shape index (κ2) is 48.8. The van der Waals surface area contributed by atoms with Crippen molar-refractivity contribution in [1.29, 1.82) is 0 Å². The lowest BCUT2D eigenvalue weighted by molar-refractivity contribution is -0.151. The Bertz CT molecular complexity index is 1050. The van der Waals surface area contributed by atoms with Crippen molar-refractivity contribution in [1.82, 2.24) is 5.32 Å². The summed E-state index contributed by atoms with van der Waals surface area (Å²) >= 11 is 0. The molecule has 0 saturated carbocycles. The average Bonchev–Trinajstić information content (AvgIpc) is 3.25. The fourth-order valence-electron chi connectivity index (χ4n) is 7.88. The maximum absolute atomic E-state index is 13.2. The van der Waals surface area contributed by atoms with Crippen LogP contribution in [0.5, 0.6) is 0 Å². The predicted molar refractivity (Wildman–Crippen MR) is 264 cm³/mol. The largest absolute Gasteiger partial charge is 0.462 e. The quantitative estimate of drug-likeness (QED) is 0.0322. The van der Waals surface area contributed by atoms with Gasteiger partial charge in [-0.2, -0.15) is 0 Å². The van der Waals surface area contributed by atoms with Crippen LogP contribution < -0.4 is 5.32 Å². The molecule has 0 saturated heterocycles. The normalized spacial score (nSPS) is 13.6. The van der Waals surface area contributed by atoms with Gasteiger partial charge in [0.1, 0.15) is 6.10 Å². The van der Waals surface area contributed by atoms with Crippen LogP contribution in [0, 0.1) is 0 Å². The van der Waals surface area contributed by atoms with Gasteiger partial charge in [0.05, 0.1) is 25.2 Å². The number of hydrogen-bond acceptors (Lipinski definition) is 5. The van der Waals surface area contributed by atoms with E-state index in [-0.39, 0.29) is 24.9 Å². The zero-order chi connectivity index (χ0) is 44.5. The first-order valence-corrected chi connectivity index (χ1v) is 26.4. The number of unbranched alkanes of at least 4 members (excludes halogenated alkanes) is 27. The molecule has 6 heteroatoms. The van der Waals surface area contributed by atoms with Gasteiger partial charge in [0.25, 0.3) is 0 Å². The van der Waals surface area contributed by atoms with E-state index >= 15 is 0 Å². The smallest absolute Gasteiger partial charge is 0.306 e. The minimum Gasteiger partial charge on any atom is -0.462 e. The Morgan fingerprint density at radius 1 is 0.475 bits per heavy atom. The van der Waals surface area contributed by atoms with Crippen LogP contribution in [0.25, 0.3) is 0 Å². The molecule has 6 nitrogen and oxygen atoms in total. The highest BCUT2D eigenvalue weighted by atomic mass is 16.5. The third kappa shape index (κ3) is 44.2. The molecule has 0 aromatic carbocycles. The van der Waals surface area contributed by atoms with Crippen molar-refractivity contribution in [2.45, 2.75) is 283 Å². The molecule has 0 fully saturated rings. The van der Waals surface area contributed by atoms with Crippen LogP contribution in [0.1, 0.15) is 265 Å². The SMILES string of the molecule is CCCCC/C=C\C/C=C\C/C=C\C/C=C\CCCCCC(=O)OC(CCCCCCCCCCCCCCC)CC(=O)NC(CO)C(O)CCCCCCCCCCCC. The molecule has 0 radical (unpaired) electrons. The third-order valence-corrected chi connectivity index (χ3v) is 11.9. The van der Waals surface area contributed by atoms with E-state index in [9.17, 15) is 19.8 Å². The molecule has 0 aliphatic rings. The Hall–Kier alpha value is -2.18. The maximum atomic E-state index is 13.2. The molecule has 61 heavy (non-hydrogen) atoms. The van der Waals surface area contributed by atoms with Crippen LogP contribution in [0.2, 0.25) is 0 Å². The van der Waals surface area contributed by atoms with Gasteiger partial charge in [-0.25, -0.2) is 0 Å². The molecule has 0 heterocycles. The minimum absolute atomic E-state index is 0.0670. The lowest BCUT2D eigenvalue weighted by atomic mass is 10.0.